The number of carbonyl (C=O) groups is 2. The summed E-state index contributed by atoms with van der Waals surface area (Å²) in [5.41, 5.74) is -0.492. The zero-order valence-electron chi connectivity index (χ0n) is 9.58. The van der Waals surface area contributed by atoms with E-state index < -0.39 is 11.7 Å². The highest BCUT2D eigenvalue weighted by atomic mass is 127. The molecule has 0 spiro atoms. The number of rotatable bonds is 2. The summed E-state index contributed by atoms with van der Waals surface area (Å²) in [7, 11) is 0. The van der Waals surface area contributed by atoms with Crippen LogP contribution in [-0.2, 0) is 12.6 Å². The molecular formula is C10H16INO4. The molecule has 16 heavy (non-hydrogen) atoms. The van der Waals surface area contributed by atoms with E-state index in [1.807, 2.05) is 20.8 Å². The molecule has 0 atom stereocenters. The fourth-order valence-electron chi connectivity index (χ4n) is 1.47. The van der Waals surface area contributed by atoms with E-state index in [4.69, 9.17) is 4.74 Å². The van der Waals surface area contributed by atoms with Crippen molar-refractivity contribution in [2.45, 2.75) is 45.3 Å². The highest BCUT2D eigenvalue weighted by Gasteiger charge is 2.37. The quantitative estimate of drug-likeness (QED) is 0.782. The van der Waals surface area contributed by atoms with Crippen LogP contribution in [0.25, 0.3) is 0 Å². The Hall–Kier alpha value is -0.530. The number of ether oxygens (including phenoxy) is 1. The summed E-state index contributed by atoms with van der Waals surface area (Å²) in [5, 5.41) is 2.71. The molecule has 0 heterocycles. The van der Waals surface area contributed by atoms with E-state index in [0.29, 0.717) is 12.8 Å². The Labute approximate surface area is 109 Å². The Morgan fingerprint density at radius 3 is 2.31 bits per heavy atom. The van der Waals surface area contributed by atoms with Crippen LogP contribution in [0.15, 0.2) is 0 Å². The van der Waals surface area contributed by atoms with E-state index in [9.17, 15) is 9.59 Å². The molecule has 1 N–H and O–H groups in total. The second-order valence-corrected chi connectivity index (χ2v) is 5.35. The lowest BCUT2D eigenvalue weighted by molar-refractivity contribution is -0.139. The van der Waals surface area contributed by atoms with Gasteiger partial charge < -0.3 is 13.1 Å². The molecule has 92 valence electrons. The number of nitrogens with one attached hydrogen (secondary N) is 1. The van der Waals surface area contributed by atoms with Crippen LogP contribution in [0.1, 0.15) is 33.6 Å². The highest BCUT2D eigenvalue weighted by molar-refractivity contribution is 14.1. The van der Waals surface area contributed by atoms with Crippen molar-refractivity contribution in [2.24, 2.45) is 5.92 Å². The molecule has 0 aromatic carbocycles. The minimum atomic E-state index is -0.492. The first-order chi connectivity index (χ1) is 7.31. The lowest BCUT2D eigenvalue weighted by Crippen LogP contribution is -2.48. The third kappa shape index (κ3) is 4.15. The molecule has 0 aromatic heterocycles. The normalized spacial score (nSPS) is 24.2. The number of amides is 1. The van der Waals surface area contributed by atoms with Crippen LogP contribution in [0.5, 0.6) is 0 Å². The highest BCUT2D eigenvalue weighted by Crippen LogP contribution is 2.29. The summed E-state index contributed by atoms with van der Waals surface area (Å²) in [5.74, 6) is -0.306. The van der Waals surface area contributed by atoms with E-state index in [1.165, 1.54) is 0 Å². The van der Waals surface area contributed by atoms with Gasteiger partial charge in [0.15, 0.2) is 23.0 Å². The summed E-state index contributed by atoms with van der Waals surface area (Å²) in [6, 6.07) is 0.0235. The van der Waals surface area contributed by atoms with Gasteiger partial charge in [-0.25, -0.2) is 4.79 Å². The Balaban J connectivity index is 2.22. The van der Waals surface area contributed by atoms with Crippen LogP contribution in [0.4, 0.5) is 4.79 Å². The average Bonchev–Trinajstić information content (AvgIpc) is 2.06. The molecule has 0 unspecified atom stereocenters. The van der Waals surface area contributed by atoms with Gasteiger partial charge in [0.1, 0.15) is 5.60 Å². The lowest BCUT2D eigenvalue weighted by atomic mass is 9.80. The summed E-state index contributed by atoms with van der Waals surface area (Å²) < 4.78 is 9.67. The molecule has 1 aliphatic carbocycles. The monoisotopic (exact) mass is 341 g/mol. The molecule has 0 radical (unpaired) electrons. The second kappa shape index (κ2) is 5.20. The van der Waals surface area contributed by atoms with Gasteiger partial charge >= 0.3 is 12.1 Å². The van der Waals surface area contributed by atoms with Gasteiger partial charge in [0.05, 0.1) is 5.92 Å². The molecule has 1 rings (SSSR count). The first-order valence-corrected chi connectivity index (χ1v) is 6.02. The summed E-state index contributed by atoms with van der Waals surface area (Å²) >= 11 is 1.57. The minimum Gasteiger partial charge on any atom is -0.444 e. The first-order valence-electron chi connectivity index (χ1n) is 5.14. The molecular weight excluding hydrogens is 325 g/mol. The lowest BCUT2D eigenvalue weighted by Gasteiger charge is -2.33. The maximum atomic E-state index is 11.4. The molecule has 1 saturated carbocycles. The van der Waals surface area contributed by atoms with E-state index >= 15 is 0 Å². The SMILES string of the molecule is CC(C)(C)OC(=O)NC1CC(C(=O)OI)C1. The largest absolute Gasteiger partial charge is 0.444 e. The Bertz CT molecular complexity index is 281. The van der Waals surface area contributed by atoms with Crippen molar-refractivity contribution in [3.05, 3.63) is 0 Å². The van der Waals surface area contributed by atoms with Crippen LogP contribution >= 0.6 is 23.0 Å². The molecule has 1 aliphatic rings. The summed E-state index contributed by atoms with van der Waals surface area (Å²) in [4.78, 5) is 22.4. The molecule has 1 amide bonds. The Kier molecular flexibility index (Phi) is 4.40. The first kappa shape index (κ1) is 13.5. The molecule has 0 saturated heterocycles. The topological polar surface area (TPSA) is 64.6 Å². The number of carbonyl (C=O) groups excluding carboxylic acids is 2. The van der Waals surface area contributed by atoms with Gasteiger partial charge in [0.2, 0.25) is 0 Å². The van der Waals surface area contributed by atoms with E-state index in [1.54, 1.807) is 23.0 Å². The van der Waals surface area contributed by atoms with E-state index in [0.717, 1.165) is 0 Å². The van der Waals surface area contributed by atoms with Crippen molar-refractivity contribution in [1.82, 2.24) is 5.32 Å². The number of hydrogen-bond donors (Lipinski definition) is 1. The van der Waals surface area contributed by atoms with Crippen molar-refractivity contribution in [1.29, 1.82) is 0 Å². The standard InChI is InChI=1S/C10H16INO4/c1-10(2,3)15-9(14)12-7-4-6(5-7)8(13)16-11/h6-7H,4-5H2,1-3H3,(H,12,14). The fraction of sp³-hybridized carbons (Fsp3) is 0.800. The number of hydrogen-bond acceptors (Lipinski definition) is 4. The predicted molar refractivity (Wildman–Crippen MR) is 66.0 cm³/mol. The minimum absolute atomic E-state index is 0.0235. The molecule has 0 bridgehead atoms. The third-order valence-electron chi connectivity index (χ3n) is 2.27. The smallest absolute Gasteiger partial charge is 0.407 e. The van der Waals surface area contributed by atoms with Crippen LogP contribution in [0.3, 0.4) is 0 Å². The van der Waals surface area contributed by atoms with Crippen molar-refractivity contribution in [2.75, 3.05) is 0 Å². The van der Waals surface area contributed by atoms with Crippen LogP contribution in [0, 0.1) is 5.92 Å². The van der Waals surface area contributed by atoms with E-state index in [-0.39, 0.29) is 17.9 Å². The van der Waals surface area contributed by atoms with Gasteiger partial charge in [-0.2, -0.15) is 0 Å². The fourth-order valence-corrected chi connectivity index (χ4v) is 1.82. The van der Waals surface area contributed by atoms with Gasteiger partial charge in [-0.3, -0.25) is 4.79 Å². The van der Waals surface area contributed by atoms with Gasteiger partial charge in [0.25, 0.3) is 0 Å². The van der Waals surface area contributed by atoms with Crippen LogP contribution < -0.4 is 5.32 Å². The molecule has 5 nitrogen and oxygen atoms in total. The maximum absolute atomic E-state index is 11.4. The molecule has 0 aliphatic heterocycles. The van der Waals surface area contributed by atoms with Crippen molar-refractivity contribution in [3.8, 4) is 0 Å². The van der Waals surface area contributed by atoms with Gasteiger partial charge in [-0.05, 0) is 33.6 Å². The van der Waals surface area contributed by atoms with Gasteiger partial charge in [0, 0.05) is 6.04 Å². The van der Waals surface area contributed by atoms with Gasteiger partial charge in [-0.15, -0.1) is 0 Å². The summed E-state index contributed by atoms with van der Waals surface area (Å²) in [6.07, 6.45) is 0.820. The maximum Gasteiger partial charge on any atom is 0.407 e. The van der Waals surface area contributed by atoms with Gasteiger partial charge in [-0.1, -0.05) is 0 Å². The summed E-state index contributed by atoms with van der Waals surface area (Å²) in [6.45, 7) is 5.43. The molecule has 6 heteroatoms. The van der Waals surface area contributed by atoms with Crippen LogP contribution in [-0.4, -0.2) is 23.7 Å². The van der Waals surface area contributed by atoms with E-state index in [2.05, 4.69) is 8.38 Å². The molecule has 0 aromatic rings. The van der Waals surface area contributed by atoms with Crippen molar-refractivity contribution >= 4 is 35.1 Å². The van der Waals surface area contributed by atoms with Crippen LogP contribution in [0.2, 0.25) is 0 Å². The zero-order valence-corrected chi connectivity index (χ0v) is 11.7. The Morgan fingerprint density at radius 2 is 1.88 bits per heavy atom. The Morgan fingerprint density at radius 1 is 1.31 bits per heavy atom. The van der Waals surface area contributed by atoms with Crippen molar-refractivity contribution in [3.63, 3.8) is 0 Å². The van der Waals surface area contributed by atoms with Crippen molar-refractivity contribution < 1.29 is 17.4 Å². The second-order valence-electron chi connectivity index (χ2n) is 4.91. The molecule has 1 fully saturated rings. The zero-order chi connectivity index (χ0) is 12.3. The predicted octanol–water partition coefficient (Wildman–Crippen LogP) is 2.18. The number of halogens is 1. The average molecular weight is 341 g/mol. The number of alkyl carbamates (subject to hydrolysis) is 1. The third-order valence-corrected chi connectivity index (χ3v) is 2.70.